The summed E-state index contributed by atoms with van der Waals surface area (Å²) >= 11 is 0. The van der Waals surface area contributed by atoms with Crippen LogP contribution in [-0.4, -0.2) is 26.5 Å². The van der Waals surface area contributed by atoms with Crippen molar-refractivity contribution in [2.75, 3.05) is 18.0 Å². The molecule has 2 heterocycles. The van der Waals surface area contributed by atoms with E-state index in [4.69, 9.17) is 4.42 Å². The molecule has 1 fully saturated rings. The third kappa shape index (κ3) is 3.92. The molecule has 152 valence electrons. The van der Waals surface area contributed by atoms with E-state index < -0.39 is 15.7 Å². The van der Waals surface area contributed by atoms with Crippen LogP contribution in [0.5, 0.6) is 0 Å². The number of benzene rings is 2. The number of aryl methyl sites for hydroxylation is 1. The number of oxazole rings is 1. The fourth-order valence-corrected chi connectivity index (χ4v) is 4.75. The van der Waals surface area contributed by atoms with Crippen molar-refractivity contribution in [3.05, 3.63) is 59.9 Å². The Balaban J connectivity index is 1.82. The highest BCUT2D eigenvalue weighted by Gasteiger charge is 2.32. The highest BCUT2D eigenvalue weighted by molar-refractivity contribution is 7.91. The van der Waals surface area contributed by atoms with Crippen molar-refractivity contribution in [1.82, 2.24) is 4.98 Å². The summed E-state index contributed by atoms with van der Waals surface area (Å²) in [7, 11) is -3.96. The van der Waals surface area contributed by atoms with Crippen LogP contribution in [0.15, 0.2) is 62.9 Å². The molecule has 7 heteroatoms. The predicted octanol–water partition coefficient (Wildman–Crippen LogP) is 4.86. The van der Waals surface area contributed by atoms with E-state index in [1.54, 1.807) is 0 Å². The Bertz CT molecular complexity index is 1100. The molecule has 3 aromatic rings. The van der Waals surface area contributed by atoms with Gasteiger partial charge in [-0.25, -0.2) is 12.8 Å². The van der Waals surface area contributed by atoms with Crippen LogP contribution in [0, 0.1) is 18.7 Å². The van der Waals surface area contributed by atoms with E-state index in [1.807, 2.05) is 36.1 Å². The molecule has 0 aliphatic carbocycles. The van der Waals surface area contributed by atoms with Crippen molar-refractivity contribution < 1.29 is 17.2 Å². The van der Waals surface area contributed by atoms with Gasteiger partial charge in [0.1, 0.15) is 5.82 Å². The predicted molar refractivity (Wildman–Crippen MR) is 109 cm³/mol. The normalized spacial score (nSPS) is 15.6. The van der Waals surface area contributed by atoms with Gasteiger partial charge in [0.25, 0.3) is 0 Å². The second-order valence-electron chi connectivity index (χ2n) is 7.62. The molecular weight excluding hydrogens is 391 g/mol. The second kappa shape index (κ2) is 7.63. The van der Waals surface area contributed by atoms with Crippen molar-refractivity contribution >= 4 is 15.7 Å². The summed E-state index contributed by atoms with van der Waals surface area (Å²) in [5.74, 6) is 0.619. The lowest BCUT2D eigenvalue weighted by Crippen LogP contribution is -2.33. The maximum Gasteiger partial charge on any atom is 0.236 e. The van der Waals surface area contributed by atoms with E-state index in [0.29, 0.717) is 24.6 Å². The molecular formula is C22H23FN2O3S. The molecule has 1 aliphatic rings. The third-order valence-electron chi connectivity index (χ3n) is 5.33. The van der Waals surface area contributed by atoms with Crippen LogP contribution in [0.2, 0.25) is 0 Å². The van der Waals surface area contributed by atoms with Gasteiger partial charge in [-0.15, -0.1) is 0 Å². The van der Waals surface area contributed by atoms with Gasteiger partial charge in [-0.2, -0.15) is 4.98 Å². The summed E-state index contributed by atoms with van der Waals surface area (Å²) in [5, 5.41) is -0.116. The average molecular weight is 415 g/mol. The second-order valence-corrected chi connectivity index (χ2v) is 9.49. The monoisotopic (exact) mass is 414 g/mol. The summed E-state index contributed by atoms with van der Waals surface area (Å²) in [4.78, 5) is 6.33. The minimum atomic E-state index is -3.96. The van der Waals surface area contributed by atoms with Gasteiger partial charge in [-0.3, -0.25) is 0 Å². The van der Waals surface area contributed by atoms with Crippen molar-refractivity contribution in [2.45, 2.75) is 36.6 Å². The van der Waals surface area contributed by atoms with E-state index in [2.05, 4.69) is 11.9 Å². The van der Waals surface area contributed by atoms with Crippen LogP contribution >= 0.6 is 0 Å². The average Bonchev–Trinajstić information content (AvgIpc) is 3.16. The van der Waals surface area contributed by atoms with Gasteiger partial charge >= 0.3 is 0 Å². The summed E-state index contributed by atoms with van der Waals surface area (Å²) in [6, 6.07) is 12.4. The topological polar surface area (TPSA) is 63.4 Å². The Morgan fingerprint density at radius 3 is 2.28 bits per heavy atom. The molecule has 0 N–H and O–H groups in total. The maximum atomic E-state index is 13.3. The number of aromatic nitrogens is 1. The molecule has 1 aromatic heterocycles. The van der Waals surface area contributed by atoms with E-state index in [0.717, 1.165) is 30.5 Å². The number of sulfone groups is 1. The van der Waals surface area contributed by atoms with Crippen molar-refractivity contribution in [2.24, 2.45) is 5.92 Å². The zero-order valence-electron chi connectivity index (χ0n) is 16.4. The molecule has 4 rings (SSSR count). The highest BCUT2D eigenvalue weighted by atomic mass is 32.2. The van der Waals surface area contributed by atoms with Crippen LogP contribution in [0.4, 0.5) is 10.3 Å². The van der Waals surface area contributed by atoms with E-state index >= 15 is 0 Å². The quantitative estimate of drug-likeness (QED) is 0.571. The van der Waals surface area contributed by atoms with Crippen molar-refractivity contribution in [3.63, 3.8) is 0 Å². The van der Waals surface area contributed by atoms with Crippen LogP contribution in [0.1, 0.15) is 25.3 Å². The van der Waals surface area contributed by atoms with Crippen LogP contribution < -0.4 is 4.90 Å². The number of anilines is 1. The molecule has 0 unspecified atom stereocenters. The molecule has 0 amide bonds. The van der Waals surface area contributed by atoms with Crippen LogP contribution in [0.25, 0.3) is 11.5 Å². The Hall–Kier alpha value is -2.67. The zero-order valence-corrected chi connectivity index (χ0v) is 17.2. The fraction of sp³-hybridized carbons (Fsp3) is 0.318. The summed E-state index contributed by atoms with van der Waals surface area (Å²) in [6.45, 7) is 5.57. The minimum Gasteiger partial charge on any atom is -0.419 e. The maximum absolute atomic E-state index is 13.3. The van der Waals surface area contributed by atoms with Crippen molar-refractivity contribution in [1.29, 1.82) is 0 Å². The molecule has 0 bridgehead atoms. The molecule has 1 aliphatic heterocycles. The summed E-state index contributed by atoms with van der Waals surface area (Å²) in [5.41, 5.74) is 1.80. The fourth-order valence-electron chi connectivity index (χ4n) is 3.43. The lowest BCUT2D eigenvalue weighted by molar-refractivity contribution is 0.415. The first-order valence-electron chi connectivity index (χ1n) is 9.68. The molecule has 29 heavy (non-hydrogen) atoms. The third-order valence-corrected chi connectivity index (χ3v) is 7.00. The Morgan fingerprint density at radius 1 is 1.03 bits per heavy atom. The minimum absolute atomic E-state index is 0.00529. The number of hydrogen-bond donors (Lipinski definition) is 0. The largest absolute Gasteiger partial charge is 0.419 e. The van der Waals surface area contributed by atoms with Crippen LogP contribution in [0.3, 0.4) is 0 Å². The van der Waals surface area contributed by atoms with E-state index in [1.165, 1.54) is 12.1 Å². The van der Waals surface area contributed by atoms with E-state index in [-0.39, 0.29) is 21.7 Å². The molecule has 0 spiro atoms. The Kier molecular flexibility index (Phi) is 5.17. The Morgan fingerprint density at radius 2 is 1.66 bits per heavy atom. The molecule has 2 aromatic carbocycles. The van der Waals surface area contributed by atoms with Gasteiger partial charge in [0.05, 0.1) is 4.90 Å². The first-order valence-corrected chi connectivity index (χ1v) is 11.2. The number of piperidine rings is 1. The molecule has 0 saturated carbocycles. The highest BCUT2D eigenvalue weighted by Crippen LogP contribution is 2.36. The standard InChI is InChI=1S/C22H23FN2O3S/c1-15-3-5-17(6-4-15)20-24-21(22(28-20)25-13-11-16(2)12-14-25)29(26,27)19-9-7-18(23)8-10-19/h3-10,16H,11-14H2,1-2H3. The number of hydrogen-bond acceptors (Lipinski definition) is 5. The van der Waals surface area contributed by atoms with E-state index in [9.17, 15) is 12.8 Å². The first kappa shape index (κ1) is 19.6. The molecule has 1 saturated heterocycles. The van der Waals surface area contributed by atoms with Gasteiger partial charge in [0, 0.05) is 18.7 Å². The lowest BCUT2D eigenvalue weighted by Gasteiger charge is -2.30. The van der Waals surface area contributed by atoms with Gasteiger partial charge in [-0.1, -0.05) is 24.6 Å². The number of nitrogens with zero attached hydrogens (tertiary/aromatic N) is 2. The smallest absolute Gasteiger partial charge is 0.236 e. The van der Waals surface area contributed by atoms with Gasteiger partial charge in [-0.05, 0) is 62.1 Å². The summed E-state index contributed by atoms with van der Waals surface area (Å²) in [6.07, 6.45) is 1.91. The molecule has 0 atom stereocenters. The van der Waals surface area contributed by atoms with Gasteiger partial charge < -0.3 is 9.32 Å². The first-order chi connectivity index (χ1) is 13.8. The number of halogens is 1. The number of rotatable bonds is 4. The molecule has 0 radical (unpaired) electrons. The van der Waals surface area contributed by atoms with Gasteiger partial charge in [0.2, 0.25) is 26.6 Å². The summed E-state index contributed by atoms with van der Waals surface area (Å²) < 4.78 is 45.9. The van der Waals surface area contributed by atoms with Crippen LogP contribution in [-0.2, 0) is 9.84 Å². The molecule has 5 nitrogen and oxygen atoms in total. The SMILES string of the molecule is Cc1ccc(-c2nc(S(=O)(=O)c3ccc(F)cc3)c(N3CCC(C)CC3)o2)cc1. The Labute approximate surface area is 170 Å². The van der Waals surface area contributed by atoms with Gasteiger partial charge in [0.15, 0.2) is 0 Å². The zero-order chi connectivity index (χ0) is 20.6. The lowest BCUT2D eigenvalue weighted by atomic mass is 9.99. The van der Waals surface area contributed by atoms with Crippen molar-refractivity contribution in [3.8, 4) is 11.5 Å².